The highest BCUT2D eigenvalue weighted by atomic mass is 35.5. The van der Waals surface area contributed by atoms with E-state index in [1.807, 2.05) is 42.2 Å². The summed E-state index contributed by atoms with van der Waals surface area (Å²) in [5.74, 6) is 0.332. The van der Waals surface area contributed by atoms with Crippen molar-refractivity contribution in [3.8, 4) is 0 Å². The van der Waals surface area contributed by atoms with Gasteiger partial charge in [-0.25, -0.2) is 4.79 Å². The molecule has 28 heavy (non-hydrogen) atoms. The fourth-order valence-corrected chi connectivity index (χ4v) is 4.15. The average Bonchev–Trinajstić information content (AvgIpc) is 2.72. The van der Waals surface area contributed by atoms with E-state index in [4.69, 9.17) is 10.5 Å². The Kier molecular flexibility index (Phi) is 8.58. The normalized spacial score (nSPS) is 21.6. The molecule has 1 aromatic carbocycles. The molecule has 0 bridgehead atoms. The first kappa shape index (κ1) is 22.5. The van der Waals surface area contributed by atoms with Crippen molar-refractivity contribution in [3.05, 3.63) is 35.9 Å². The second-order valence-electron chi connectivity index (χ2n) is 7.79. The Balaban J connectivity index is 0.00000280. The molecule has 0 aromatic heterocycles. The monoisotopic (exact) mass is 409 g/mol. The van der Waals surface area contributed by atoms with Crippen LogP contribution in [0.2, 0.25) is 0 Å². The van der Waals surface area contributed by atoms with Crippen LogP contribution in [0.1, 0.15) is 44.6 Å². The summed E-state index contributed by atoms with van der Waals surface area (Å²) >= 11 is 0. The van der Waals surface area contributed by atoms with Crippen LogP contribution in [-0.2, 0) is 16.1 Å². The molecule has 156 valence electrons. The van der Waals surface area contributed by atoms with Gasteiger partial charge in [-0.3, -0.25) is 4.79 Å². The SMILES string of the molecule is C[C@@H]1CN(C(=O)OCc2ccccc2)CCN1C(=O)[C@@H](N)C1CCCCC1.Cl. The van der Waals surface area contributed by atoms with Gasteiger partial charge in [0.05, 0.1) is 6.04 Å². The molecule has 3 rings (SSSR count). The van der Waals surface area contributed by atoms with Gasteiger partial charge in [-0.1, -0.05) is 49.6 Å². The molecule has 0 spiro atoms. The zero-order valence-electron chi connectivity index (χ0n) is 16.6. The van der Waals surface area contributed by atoms with Gasteiger partial charge in [-0.05, 0) is 31.2 Å². The van der Waals surface area contributed by atoms with Gasteiger partial charge in [0, 0.05) is 25.7 Å². The molecule has 0 radical (unpaired) electrons. The van der Waals surface area contributed by atoms with Crippen molar-refractivity contribution in [2.45, 2.75) is 57.7 Å². The fourth-order valence-electron chi connectivity index (χ4n) is 4.15. The molecule has 1 saturated heterocycles. The number of nitrogens with zero attached hydrogens (tertiary/aromatic N) is 2. The van der Waals surface area contributed by atoms with Crippen LogP contribution >= 0.6 is 12.4 Å². The third-order valence-corrected chi connectivity index (χ3v) is 5.82. The first-order chi connectivity index (χ1) is 13.1. The number of ether oxygens (including phenoxy) is 1. The molecule has 0 unspecified atom stereocenters. The summed E-state index contributed by atoms with van der Waals surface area (Å²) in [4.78, 5) is 28.7. The van der Waals surface area contributed by atoms with Gasteiger partial charge in [-0.2, -0.15) is 0 Å². The van der Waals surface area contributed by atoms with Crippen molar-refractivity contribution in [3.63, 3.8) is 0 Å². The van der Waals surface area contributed by atoms with E-state index in [2.05, 4.69) is 0 Å². The van der Waals surface area contributed by atoms with Crippen molar-refractivity contribution in [2.75, 3.05) is 19.6 Å². The van der Waals surface area contributed by atoms with E-state index in [1.54, 1.807) is 4.90 Å². The lowest BCUT2D eigenvalue weighted by Gasteiger charge is -2.41. The molecule has 2 amide bonds. The summed E-state index contributed by atoms with van der Waals surface area (Å²) < 4.78 is 5.41. The Morgan fingerprint density at radius 2 is 1.82 bits per heavy atom. The summed E-state index contributed by atoms with van der Waals surface area (Å²) in [5, 5.41) is 0. The Hall–Kier alpha value is -1.79. The van der Waals surface area contributed by atoms with Gasteiger partial charge in [0.15, 0.2) is 0 Å². The van der Waals surface area contributed by atoms with Crippen LogP contribution in [0.4, 0.5) is 4.79 Å². The number of hydrogen-bond acceptors (Lipinski definition) is 4. The largest absolute Gasteiger partial charge is 0.445 e. The predicted molar refractivity (Wildman–Crippen MR) is 111 cm³/mol. The van der Waals surface area contributed by atoms with Crippen molar-refractivity contribution in [1.29, 1.82) is 0 Å². The molecule has 2 fully saturated rings. The minimum atomic E-state index is -0.413. The summed E-state index contributed by atoms with van der Waals surface area (Å²) in [6, 6.07) is 9.17. The predicted octanol–water partition coefficient (Wildman–Crippen LogP) is 3.19. The molecule has 1 aliphatic heterocycles. The van der Waals surface area contributed by atoms with E-state index >= 15 is 0 Å². The van der Waals surface area contributed by atoms with Crippen LogP contribution in [0.15, 0.2) is 30.3 Å². The second kappa shape index (κ2) is 10.7. The molecule has 1 heterocycles. The molecule has 2 aliphatic rings. The zero-order valence-corrected chi connectivity index (χ0v) is 17.4. The number of nitrogens with two attached hydrogens (primary N) is 1. The third kappa shape index (κ3) is 5.61. The van der Waals surface area contributed by atoms with E-state index in [9.17, 15) is 9.59 Å². The molecular weight excluding hydrogens is 378 g/mol. The number of carbonyl (C=O) groups is 2. The third-order valence-electron chi connectivity index (χ3n) is 5.82. The number of benzene rings is 1. The van der Waals surface area contributed by atoms with Gasteiger partial charge in [-0.15, -0.1) is 12.4 Å². The minimum Gasteiger partial charge on any atom is -0.445 e. The summed E-state index contributed by atoms with van der Waals surface area (Å²) in [5.41, 5.74) is 7.26. The van der Waals surface area contributed by atoms with Gasteiger partial charge < -0.3 is 20.3 Å². The highest BCUT2D eigenvalue weighted by Crippen LogP contribution is 2.27. The van der Waals surface area contributed by atoms with Gasteiger partial charge in [0.25, 0.3) is 0 Å². The molecule has 2 N–H and O–H groups in total. The summed E-state index contributed by atoms with van der Waals surface area (Å²) in [6.45, 7) is 3.72. The maximum Gasteiger partial charge on any atom is 0.410 e. The molecular formula is C21H32ClN3O3. The summed E-state index contributed by atoms with van der Waals surface area (Å²) in [6.07, 6.45) is 5.36. The van der Waals surface area contributed by atoms with Crippen LogP contribution in [0, 0.1) is 5.92 Å². The molecule has 1 aromatic rings. The van der Waals surface area contributed by atoms with E-state index in [1.165, 1.54) is 19.3 Å². The highest BCUT2D eigenvalue weighted by Gasteiger charge is 2.35. The smallest absolute Gasteiger partial charge is 0.410 e. The maximum absolute atomic E-state index is 12.9. The number of piperazine rings is 1. The van der Waals surface area contributed by atoms with E-state index < -0.39 is 6.04 Å². The van der Waals surface area contributed by atoms with Crippen molar-refractivity contribution < 1.29 is 14.3 Å². The first-order valence-electron chi connectivity index (χ1n) is 10.1. The Labute approximate surface area is 173 Å². The van der Waals surface area contributed by atoms with Crippen LogP contribution in [0.5, 0.6) is 0 Å². The van der Waals surface area contributed by atoms with E-state index in [0.717, 1.165) is 18.4 Å². The quantitative estimate of drug-likeness (QED) is 0.828. The zero-order chi connectivity index (χ0) is 19.2. The van der Waals surface area contributed by atoms with Crippen LogP contribution in [-0.4, -0.2) is 53.5 Å². The lowest BCUT2D eigenvalue weighted by Crippen LogP contribution is -2.59. The molecule has 6 nitrogen and oxygen atoms in total. The molecule has 1 aliphatic carbocycles. The number of rotatable bonds is 4. The molecule has 2 atom stereocenters. The van der Waals surface area contributed by atoms with Crippen LogP contribution in [0.25, 0.3) is 0 Å². The highest BCUT2D eigenvalue weighted by molar-refractivity contribution is 5.85. The van der Waals surface area contributed by atoms with E-state index in [0.29, 0.717) is 25.6 Å². The molecule has 1 saturated carbocycles. The lowest BCUT2D eigenvalue weighted by atomic mass is 9.83. The fraction of sp³-hybridized carbons (Fsp3) is 0.619. The second-order valence-corrected chi connectivity index (χ2v) is 7.79. The van der Waals surface area contributed by atoms with Crippen molar-refractivity contribution >= 4 is 24.4 Å². The summed E-state index contributed by atoms with van der Waals surface area (Å²) in [7, 11) is 0. The maximum atomic E-state index is 12.9. The Bertz CT molecular complexity index is 637. The van der Waals surface area contributed by atoms with Gasteiger partial charge >= 0.3 is 6.09 Å². The van der Waals surface area contributed by atoms with Crippen LogP contribution < -0.4 is 5.73 Å². The number of carbonyl (C=O) groups excluding carboxylic acids is 2. The molecule has 7 heteroatoms. The van der Waals surface area contributed by atoms with Gasteiger partial charge in [0.2, 0.25) is 5.91 Å². The topological polar surface area (TPSA) is 75.9 Å². The van der Waals surface area contributed by atoms with E-state index in [-0.39, 0.29) is 37.1 Å². The number of hydrogen-bond donors (Lipinski definition) is 1. The first-order valence-corrected chi connectivity index (χ1v) is 10.1. The van der Waals surface area contributed by atoms with Crippen LogP contribution in [0.3, 0.4) is 0 Å². The Morgan fingerprint density at radius 3 is 2.46 bits per heavy atom. The van der Waals surface area contributed by atoms with Crippen molar-refractivity contribution in [1.82, 2.24) is 9.80 Å². The standard InChI is InChI=1S/C21H31N3O3.ClH/c1-16-14-23(21(26)27-15-17-8-4-2-5-9-17)12-13-24(16)20(25)19(22)18-10-6-3-7-11-18;/h2,4-5,8-9,16,18-19H,3,6-7,10-15,22H2,1H3;1H/t16-,19+;/m1./s1. The Morgan fingerprint density at radius 1 is 1.14 bits per heavy atom. The average molecular weight is 410 g/mol. The van der Waals surface area contributed by atoms with Gasteiger partial charge in [0.1, 0.15) is 6.61 Å². The number of amides is 2. The van der Waals surface area contributed by atoms with Crippen molar-refractivity contribution in [2.24, 2.45) is 11.7 Å². The lowest BCUT2D eigenvalue weighted by molar-refractivity contribution is -0.138. The number of halogens is 1. The minimum absolute atomic E-state index is 0.